The minimum absolute atomic E-state index is 0.0619. The standard InChI is InChI=1S/C8H7BrN4/c9-6-3-5-1-2-7(12-13-10)8(5)11-4-6/h3-4,7H,1-2H2. The molecular formula is C8H7BrN4. The zero-order chi connectivity index (χ0) is 9.26. The fourth-order valence-electron chi connectivity index (χ4n) is 1.60. The van der Waals surface area contributed by atoms with Crippen LogP contribution in [0.5, 0.6) is 0 Å². The van der Waals surface area contributed by atoms with Gasteiger partial charge in [-0.1, -0.05) is 5.11 Å². The topological polar surface area (TPSA) is 61.7 Å². The van der Waals surface area contributed by atoms with Gasteiger partial charge in [0.05, 0.1) is 11.7 Å². The van der Waals surface area contributed by atoms with Crippen molar-refractivity contribution < 1.29 is 0 Å². The largest absolute Gasteiger partial charge is 0.259 e. The molecule has 1 aromatic heterocycles. The molecular weight excluding hydrogens is 232 g/mol. The van der Waals surface area contributed by atoms with Gasteiger partial charge < -0.3 is 0 Å². The van der Waals surface area contributed by atoms with Gasteiger partial charge in [0.1, 0.15) is 0 Å². The first kappa shape index (κ1) is 8.53. The number of halogens is 1. The lowest BCUT2D eigenvalue weighted by atomic mass is 10.2. The van der Waals surface area contributed by atoms with E-state index in [1.807, 2.05) is 6.07 Å². The molecule has 13 heavy (non-hydrogen) atoms. The predicted octanol–water partition coefficient (Wildman–Crippen LogP) is 3.14. The van der Waals surface area contributed by atoms with Gasteiger partial charge in [-0.25, -0.2) is 0 Å². The molecule has 66 valence electrons. The van der Waals surface area contributed by atoms with E-state index in [2.05, 4.69) is 30.9 Å². The third-order valence-corrected chi connectivity index (χ3v) is 2.60. The molecule has 0 amide bonds. The molecule has 1 aliphatic carbocycles. The molecule has 1 heterocycles. The van der Waals surface area contributed by atoms with Crippen LogP contribution in [0, 0.1) is 0 Å². The fraction of sp³-hybridized carbons (Fsp3) is 0.375. The number of azide groups is 1. The molecule has 2 rings (SSSR count). The summed E-state index contributed by atoms with van der Waals surface area (Å²) in [5.74, 6) is 0. The molecule has 0 spiro atoms. The molecule has 0 saturated heterocycles. The molecule has 0 aromatic carbocycles. The Kier molecular flexibility index (Phi) is 2.20. The Morgan fingerprint density at radius 1 is 1.69 bits per heavy atom. The lowest BCUT2D eigenvalue weighted by Crippen LogP contribution is -1.91. The molecule has 4 nitrogen and oxygen atoms in total. The number of rotatable bonds is 1. The Morgan fingerprint density at radius 3 is 3.31 bits per heavy atom. The van der Waals surface area contributed by atoms with Crippen LogP contribution in [0.3, 0.4) is 0 Å². The number of aromatic nitrogens is 1. The summed E-state index contributed by atoms with van der Waals surface area (Å²) in [5, 5.41) is 3.70. The molecule has 1 atom stereocenters. The van der Waals surface area contributed by atoms with Crippen molar-refractivity contribution in [2.24, 2.45) is 5.11 Å². The van der Waals surface area contributed by atoms with Crippen LogP contribution in [-0.2, 0) is 6.42 Å². The highest BCUT2D eigenvalue weighted by Gasteiger charge is 2.22. The summed E-state index contributed by atoms with van der Waals surface area (Å²) in [4.78, 5) is 7.06. The quantitative estimate of drug-likeness (QED) is 0.421. The Labute approximate surface area is 83.7 Å². The van der Waals surface area contributed by atoms with E-state index in [1.54, 1.807) is 6.20 Å². The zero-order valence-electron chi connectivity index (χ0n) is 6.81. The van der Waals surface area contributed by atoms with Gasteiger partial charge in [-0.3, -0.25) is 4.98 Å². The minimum atomic E-state index is -0.0619. The monoisotopic (exact) mass is 238 g/mol. The van der Waals surface area contributed by atoms with E-state index in [0.717, 1.165) is 23.0 Å². The van der Waals surface area contributed by atoms with Crippen LogP contribution >= 0.6 is 15.9 Å². The van der Waals surface area contributed by atoms with Crippen LogP contribution in [-0.4, -0.2) is 4.98 Å². The van der Waals surface area contributed by atoms with Crippen molar-refractivity contribution in [2.75, 3.05) is 0 Å². The van der Waals surface area contributed by atoms with Crippen molar-refractivity contribution in [2.45, 2.75) is 18.9 Å². The Morgan fingerprint density at radius 2 is 2.54 bits per heavy atom. The van der Waals surface area contributed by atoms with E-state index >= 15 is 0 Å². The molecule has 0 bridgehead atoms. The summed E-state index contributed by atoms with van der Waals surface area (Å²) in [5.41, 5.74) is 10.4. The second-order valence-electron chi connectivity index (χ2n) is 2.96. The van der Waals surface area contributed by atoms with Gasteiger partial charge in [0.2, 0.25) is 0 Å². The molecule has 0 saturated carbocycles. The third-order valence-electron chi connectivity index (χ3n) is 2.16. The summed E-state index contributed by atoms with van der Waals surface area (Å²) >= 11 is 3.36. The van der Waals surface area contributed by atoms with Gasteiger partial charge >= 0.3 is 0 Å². The van der Waals surface area contributed by atoms with E-state index in [0.29, 0.717) is 0 Å². The molecule has 1 aromatic rings. The van der Waals surface area contributed by atoms with E-state index in [9.17, 15) is 0 Å². The summed E-state index contributed by atoms with van der Waals surface area (Å²) < 4.78 is 0.979. The number of fused-ring (bicyclic) bond motifs is 1. The average Bonchev–Trinajstić information content (AvgIpc) is 2.49. The number of nitrogens with zero attached hydrogens (tertiary/aromatic N) is 4. The van der Waals surface area contributed by atoms with Gasteiger partial charge in [0.25, 0.3) is 0 Å². The minimum Gasteiger partial charge on any atom is -0.259 e. The van der Waals surface area contributed by atoms with Gasteiger partial charge in [-0.2, -0.15) is 0 Å². The molecule has 0 fully saturated rings. The van der Waals surface area contributed by atoms with Crippen molar-refractivity contribution in [1.82, 2.24) is 4.98 Å². The van der Waals surface area contributed by atoms with Crippen molar-refractivity contribution >= 4 is 15.9 Å². The number of aryl methyl sites for hydroxylation is 1. The molecule has 1 unspecified atom stereocenters. The van der Waals surface area contributed by atoms with Crippen LogP contribution in [0.4, 0.5) is 0 Å². The third kappa shape index (κ3) is 1.53. The van der Waals surface area contributed by atoms with Crippen LogP contribution in [0.2, 0.25) is 0 Å². The van der Waals surface area contributed by atoms with Crippen molar-refractivity contribution in [1.29, 1.82) is 0 Å². The van der Waals surface area contributed by atoms with Crippen molar-refractivity contribution in [3.8, 4) is 0 Å². The molecule has 0 radical (unpaired) electrons. The first-order valence-electron chi connectivity index (χ1n) is 4.00. The SMILES string of the molecule is [N-]=[N+]=NC1CCc2cc(Br)cnc21. The van der Waals surface area contributed by atoms with Gasteiger partial charge in [0, 0.05) is 15.6 Å². The first-order chi connectivity index (χ1) is 6.31. The molecule has 0 aliphatic heterocycles. The van der Waals surface area contributed by atoms with Crippen LogP contribution in [0.25, 0.3) is 10.4 Å². The van der Waals surface area contributed by atoms with E-state index in [4.69, 9.17) is 5.53 Å². The van der Waals surface area contributed by atoms with E-state index < -0.39 is 0 Å². The lowest BCUT2D eigenvalue weighted by molar-refractivity contribution is 0.692. The second-order valence-corrected chi connectivity index (χ2v) is 3.87. The maximum absolute atomic E-state index is 8.33. The second kappa shape index (κ2) is 3.36. The summed E-state index contributed by atoms with van der Waals surface area (Å²) in [6.07, 6.45) is 3.57. The molecule has 5 heteroatoms. The molecule has 1 aliphatic rings. The van der Waals surface area contributed by atoms with Gasteiger partial charge in [-0.05, 0) is 45.9 Å². The maximum atomic E-state index is 8.33. The number of hydrogen-bond donors (Lipinski definition) is 0. The van der Waals surface area contributed by atoms with Crippen molar-refractivity contribution in [3.05, 3.63) is 38.4 Å². The number of pyridine rings is 1. The highest BCUT2D eigenvalue weighted by atomic mass is 79.9. The Balaban J connectivity index is 2.43. The fourth-order valence-corrected chi connectivity index (χ4v) is 1.97. The molecule has 0 N–H and O–H groups in total. The Hall–Kier alpha value is -1.06. The van der Waals surface area contributed by atoms with Crippen LogP contribution in [0.1, 0.15) is 23.7 Å². The zero-order valence-corrected chi connectivity index (χ0v) is 8.40. The van der Waals surface area contributed by atoms with Gasteiger partial charge in [0.15, 0.2) is 0 Å². The van der Waals surface area contributed by atoms with Crippen LogP contribution in [0.15, 0.2) is 21.9 Å². The first-order valence-corrected chi connectivity index (χ1v) is 4.79. The van der Waals surface area contributed by atoms with Gasteiger partial charge in [-0.15, -0.1) is 0 Å². The highest BCUT2D eigenvalue weighted by Crippen LogP contribution is 2.33. The summed E-state index contributed by atoms with van der Waals surface area (Å²) in [6.45, 7) is 0. The predicted molar refractivity (Wildman–Crippen MR) is 52.1 cm³/mol. The van der Waals surface area contributed by atoms with E-state index in [1.165, 1.54) is 5.56 Å². The average molecular weight is 239 g/mol. The van der Waals surface area contributed by atoms with Crippen LogP contribution < -0.4 is 0 Å². The summed E-state index contributed by atoms with van der Waals surface area (Å²) in [6, 6.07) is 1.97. The van der Waals surface area contributed by atoms with E-state index in [-0.39, 0.29) is 6.04 Å². The van der Waals surface area contributed by atoms with Crippen molar-refractivity contribution in [3.63, 3.8) is 0 Å². The smallest absolute Gasteiger partial charge is 0.0803 e. The normalized spacial score (nSPS) is 19.3. The highest BCUT2D eigenvalue weighted by molar-refractivity contribution is 9.10. The maximum Gasteiger partial charge on any atom is 0.0803 e. The lowest BCUT2D eigenvalue weighted by Gasteiger charge is -2.01. The summed E-state index contributed by atoms with van der Waals surface area (Å²) in [7, 11) is 0. The number of hydrogen-bond acceptors (Lipinski definition) is 2. The Bertz CT molecular complexity index is 384.